The van der Waals surface area contributed by atoms with Gasteiger partial charge in [-0.25, -0.2) is 4.90 Å². The molecule has 0 radical (unpaired) electrons. The van der Waals surface area contributed by atoms with Crippen LogP contribution < -0.4 is 4.90 Å². The summed E-state index contributed by atoms with van der Waals surface area (Å²) in [6.45, 7) is 1.49. The van der Waals surface area contributed by atoms with Crippen molar-refractivity contribution in [2.45, 2.75) is 17.7 Å². The fourth-order valence-electron chi connectivity index (χ4n) is 5.78. The number of rotatable bonds is 2. The molecule has 1 fully saturated rings. The monoisotopic (exact) mass is 427 g/mol. The van der Waals surface area contributed by atoms with Crippen molar-refractivity contribution in [3.05, 3.63) is 101 Å². The fourth-order valence-corrected chi connectivity index (χ4v) is 6.35. The Morgan fingerprint density at radius 3 is 1.94 bits per heavy atom. The second-order valence-electron chi connectivity index (χ2n) is 8.48. The Morgan fingerprint density at radius 2 is 1.39 bits per heavy atom. The van der Waals surface area contributed by atoms with Gasteiger partial charge in [-0.15, -0.1) is 11.6 Å². The van der Waals surface area contributed by atoms with E-state index in [9.17, 15) is 14.4 Å². The average molecular weight is 428 g/mol. The van der Waals surface area contributed by atoms with Crippen LogP contribution in [0.2, 0.25) is 0 Å². The highest BCUT2D eigenvalue weighted by molar-refractivity contribution is 6.33. The number of imide groups is 1. The van der Waals surface area contributed by atoms with E-state index in [0.717, 1.165) is 22.3 Å². The van der Waals surface area contributed by atoms with E-state index < -0.39 is 16.7 Å². The van der Waals surface area contributed by atoms with Crippen LogP contribution in [0.5, 0.6) is 0 Å². The number of hydrogen-bond donors (Lipinski definition) is 0. The maximum Gasteiger partial charge on any atom is 0.240 e. The number of nitrogens with zero attached hydrogens (tertiary/aromatic N) is 1. The molecule has 0 spiro atoms. The maximum atomic E-state index is 13.7. The zero-order chi connectivity index (χ0) is 21.5. The van der Waals surface area contributed by atoms with E-state index >= 15 is 0 Å². The molecule has 2 bridgehead atoms. The van der Waals surface area contributed by atoms with Crippen LogP contribution in [0.25, 0.3) is 0 Å². The summed E-state index contributed by atoms with van der Waals surface area (Å²) in [4.78, 5) is 39.2. The lowest BCUT2D eigenvalue weighted by molar-refractivity contribution is -0.122. The van der Waals surface area contributed by atoms with E-state index in [0.29, 0.717) is 11.3 Å². The first-order valence-corrected chi connectivity index (χ1v) is 10.7. The smallest absolute Gasteiger partial charge is 0.240 e. The van der Waals surface area contributed by atoms with Gasteiger partial charge in [0.05, 0.1) is 17.5 Å². The SMILES string of the molecule is CC(=O)c1ccc(N2C(=O)[C@@H]3[C@@H](C2=O)C2c4ccccc4C3(Cl)c3ccccc32)cc1. The highest BCUT2D eigenvalue weighted by Crippen LogP contribution is 2.65. The molecular formula is C26H18ClNO3. The van der Waals surface area contributed by atoms with Crippen LogP contribution in [0, 0.1) is 11.8 Å². The van der Waals surface area contributed by atoms with Crippen LogP contribution in [0.4, 0.5) is 5.69 Å². The number of carbonyl (C=O) groups excluding carboxylic acids is 3. The fraction of sp³-hybridized carbons (Fsp3) is 0.192. The van der Waals surface area contributed by atoms with Gasteiger partial charge in [0.15, 0.2) is 5.78 Å². The Labute approximate surface area is 184 Å². The molecule has 1 saturated heterocycles. The lowest BCUT2D eigenvalue weighted by atomic mass is 9.54. The van der Waals surface area contributed by atoms with E-state index in [2.05, 4.69) is 0 Å². The van der Waals surface area contributed by atoms with Crippen molar-refractivity contribution < 1.29 is 14.4 Å². The van der Waals surface area contributed by atoms with Crippen LogP contribution >= 0.6 is 11.6 Å². The highest BCUT2D eigenvalue weighted by atomic mass is 35.5. The Morgan fingerprint density at radius 1 is 0.839 bits per heavy atom. The number of carbonyl (C=O) groups is 3. The predicted octanol–water partition coefficient (Wildman–Crippen LogP) is 4.64. The minimum Gasteiger partial charge on any atom is -0.295 e. The van der Waals surface area contributed by atoms with Gasteiger partial charge < -0.3 is 0 Å². The van der Waals surface area contributed by atoms with Crippen molar-refractivity contribution >= 4 is 34.9 Å². The molecule has 0 saturated carbocycles. The topological polar surface area (TPSA) is 54.5 Å². The summed E-state index contributed by atoms with van der Waals surface area (Å²) in [6.07, 6.45) is 0. The summed E-state index contributed by atoms with van der Waals surface area (Å²) >= 11 is 7.39. The molecule has 0 unspecified atom stereocenters. The number of halogens is 1. The van der Waals surface area contributed by atoms with Crippen molar-refractivity contribution in [2.24, 2.45) is 11.8 Å². The summed E-state index contributed by atoms with van der Waals surface area (Å²) in [5.41, 5.74) is 4.88. The lowest BCUT2D eigenvalue weighted by Gasteiger charge is -2.50. The Balaban J connectivity index is 1.55. The van der Waals surface area contributed by atoms with Crippen molar-refractivity contribution in [3.63, 3.8) is 0 Å². The molecule has 4 nitrogen and oxygen atoms in total. The predicted molar refractivity (Wildman–Crippen MR) is 117 cm³/mol. The molecule has 7 rings (SSSR count). The van der Waals surface area contributed by atoms with E-state index in [1.54, 1.807) is 24.3 Å². The molecule has 0 N–H and O–H groups in total. The van der Waals surface area contributed by atoms with E-state index in [1.165, 1.54) is 11.8 Å². The van der Waals surface area contributed by atoms with Crippen molar-refractivity contribution in [2.75, 3.05) is 4.90 Å². The Bertz CT molecular complexity index is 1250. The zero-order valence-corrected chi connectivity index (χ0v) is 17.5. The second-order valence-corrected chi connectivity index (χ2v) is 9.08. The summed E-state index contributed by atoms with van der Waals surface area (Å²) < 4.78 is 0. The molecule has 0 aromatic heterocycles. The second kappa shape index (κ2) is 6.14. The number of alkyl halides is 1. The number of Topliss-reactive ketones (excluding diaryl/α,β-unsaturated/α-hetero) is 1. The molecule has 152 valence electrons. The third-order valence-corrected chi connectivity index (χ3v) is 7.69. The summed E-state index contributed by atoms with van der Waals surface area (Å²) in [5, 5.41) is 0. The number of hydrogen-bond acceptors (Lipinski definition) is 3. The number of anilines is 1. The number of benzene rings is 3. The first-order valence-electron chi connectivity index (χ1n) is 10.3. The van der Waals surface area contributed by atoms with Gasteiger partial charge in [0.25, 0.3) is 0 Å². The highest BCUT2D eigenvalue weighted by Gasteiger charge is 2.67. The van der Waals surface area contributed by atoms with Gasteiger partial charge in [0.1, 0.15) is 4.87 Å². The van der Waals surface area contributed by atoms with Gasteiger partial charge in [-0.1, -0.05) is 48.5 Å². The largest absolute Gasteiger partial charge is 0.295 e. The van der Waals surface area contributed by atoms with Crippen LogP contribution in [-0.2, 0) is 14.5 Å². The molecule has 4 aliphatic rings. The lowest BCUT2D eigenvalue weighted by Crippen LogP contribution is -2.50. The van der Waals surface area contributed by atoms with Gasteiger partial charge in [-0.3, -0.25) is 14.4 Å². The quantitative estimate of drug-likeness (QED) is 0.340. The molecule has 3 aromatic carbocycles. The van der Waals surface area contributed by atoms with Crippen molar-refractivity contribution in [3.8, 4) is 0 Å². The molecule has 5 heteroatoms. The molecule has 2 amide bonds. The van der Waals surface area contributed by atoms with E-state index in [4.69, 9.17) is 11.6 Å². The van der Waals surface area contributed by atoms with Gasteiger partial charge in [-0.2, -0.15) is 0 Å². The van der Waals surface area contributed by atoms with Gasteiger partial charge in [-0.05, 0) is 53.4 Å². The molecule has 2 atom stereocenters. The number of ketones is 1. The minimum atomic E-state index is -1.09. The van der Waals surface area contributed by atoms with E-state index in [1.807, 2.05) is 48.5 Å². The molecule has 3 aliphatic carbocycles. The van der Waals surface area contributed by atoms with Gasteiger partial charge >= 0.3 is 0 Å². The first-order chi connectivity index (χ1) is 14.9. The van der Waals surface area contributed by atoms with Crippen LogP contribution in [0.15, 0.2) is 72.8 Å². The third-order valence-electron chi connectivity index (χ3n) is 7.05. The number of amides is 2. The summed E-state index contributed by atoms with van der Waals surface area (Å²) in [7, 11) is 0. The average Bonchev–Trinajstić information content (AvgIpc) is 3.06. The van der Waals surface area contributed by atoms with Gasteiger partial charge in [0, 0.05) is 11.5 Å². The summed E-state index contributed by atoms with van der Waals surface area (Å²) in [5.74, 6) is -2.02. The molecule has 3 aromatic rings. The van der Waals surface area contributed by atoms with Crippen LogP contribution in [0.3, 0.4) is 0 Å². The first kappa shape index (κ1) is 18.5. The van der Waals surface area contributed by atoms with Crippen LogP contribution in [-0.4, -0.2) is 17.6 Å². The van der Waals surface area contributed by atoms with Crippen molar-refractivity contribution in [1.29, 1.82) is 0 Å². The summed E-state index contributed by atoms with van der Waals surface area (Å²) in [6, 6.07) is 22.4. The Hall–Kier alpha value is -3.24. The normalized spacial score (nSPS) is 27.7. The molecular weight excluding hydrogens is 410 g/mol. The zero-order valence-electron chi connectivity index (χ0n) is 16.7. The third kappa shape index (κ3) is 2.18. The van der Waals surface area contributed by atoms with E-state index in [-0.39, 0.29) is 23.5 Å². The Kier molecular flexibility index (Phi) is 3.67. The maximum absolute atomic E-state index is 13.7. The van der Waals surface area contributed by atoms with Gasteiger partial charge in [0.2, 0.25) is 11.8 Å². The standard InChI is InChI=1S/C26H18ClNO3/c1-14(29)15-10-12-16(13-11-15)28-24(30)22-21-17-6-2-4-8-19(17)26(27,23(22)25(28)31)20-9-5-3-7-18(20)21/h2-13,21-23H,1H3/t21?,22-,23-,26?/m0/s1. The minimum absolute atomic E-state index is 0.0667. The molecule has 1 heterocycles. The van der Waals surface area contributed by atoms with Crippen molar-refractivity contribution in [1.82, 2.24) is 0 Å². The molecule has 31 heavy (non-hydrogen) atoms. The molecule has 1 aliphatic heterocycles. The van der Waals surface area contributed by atoms with Crippen LogP contribution in [0.1, 0.15) is 45.5 Å².